The molecule has 1 aliphatic heterocycles. The van der Waals surface area contributed by atoms with E-state index < -0.39 is 5.82 Å². The van der Waals surface area contributed by atoms with Crippen molar-refractivity contribution in [1.82, 2.24) is 14.5 Å². The van der Waals surface area contributed by atoms with E-state index in [0.29, 0.717) is 18.1 Å². The highest BCUT2D eigenvalue weighted by Crippen LogP contribution is 2.15. The van der Waals surface area contributed by atoms with Crippen LogP contribution in [-0.2, 0) is 6.54 Å². The lowest BCUT2D eigenvalue weighted by atomic mass is 10.2. The third-order valence-electron chi connectivity index (χ3n) is 4.35. The van der Waals surface area contributed by atoms with Crippen LogP contribution in [0.3, 0.4) is 0 Å². The van der Waals surface area contributed by atoms with E-state index in [0.717, 1.165) is 19.5 Å². The topological polar surface area (TPSA) is 38.1 Å². The molecule has 112 valence electrons. The fourth-order valence-electron chi connectivity index (χ4n) is 3.01. The highest BCUT2D eigenvalue weighted by atomic mass is 19.1. The fraction of sp³-hybridized carbons (Fsp3) is 0.500. The van der Waals surface area contributed by atoms with Crippen molar-refractivity contribution in [2.45, 2.75) is 38.8 Å². The molecule has 0 spiro atoms. The van der Waals surface area contributed by atoms with Gasteiger partial charge in [0.15, 0.2) is 0 Å². The monoisotopic (exact) mass is 289 g/mol. The Morgan fingerprint density at radius 1 is 1.33 bits per heavy atom. The number of fused-ring (bicyclic) bond motifs is 1. The van der Waals surface area contributed by atoms with Crippen LogP contribution < -0.4 is 5.56 Å². The fourth-order valence-corrected chi connectivity index (χ4v) is 3.01. The van der Waals surface area contributed by atoms with E-state index >= 15 is 0 Å². The van der Waals surface area contributed by atoms with Gasteiger partial charge in [-0.25, -0.2) is 9.37 Å². The van der Waals surface area contributed by atoms with Crippen LogP contribution in [0.5, 0.6) is 0 Å². The Balaban J connectivity index is 1.79. The van der Waals surface area contributed by atoms with Crippen molar-refractivity contribution in [1.29, 1.82) is 0 Å². The van der Waals surface area contributed by atoms with Crippen molar-refractivity contribution in [2.75, 3.05) is 13.1 Å². The van der Waals surface area contributed by atoms with Gasteiger partial charge in [-0.3, -0.25) is 9.36 Å². The van der Waals surface area contributed by atoms with Gasteiger partial charge in [-0.15, -0.1) is 0 Å². The van der Waals surface area contributed by atoms with Crippen molar-refractivity contribution in [3.63, 3.8) is 0 Å². The van der Waals surface area contributed by atoms with E-state index in [9.17, 15) is 9.18 Å². The van der Waals surface area contributed by atoms with Gasteiger partial charge in [0.1, 0.15) is 11.2 Å². The van der Waals surface area contributed by atoms with Crippen molar-refractivity contribution in [3.8, 4) is 0 Å². The maximum absolute atomic E-state index is 13.8. The molecule has 0 amide bonds. The summed E-state index contributed by atoms with van der Waals surface area (Å²) >= 11 is 0. The van der Waals surface area contributed by atoms with Gasteiger partial charge < -0.3 is 4.90 Å². The molecular weight excluding hydrogens is 269 g/mol. The lowest BCUT2D eigenvalue weighted by molar-refractivity contribution is 0.239. The van der Waals surface area contributed by atoms with Crippen LogP contribution in [0.1, 0.15) is 26.2 Å². The second-order valence-corrected chi connectivity index (χ2v) is 5.76. The Morgan fingerprint density at radius 3 is 2.86 bits per heavy atom. The van der Waals surface area contributed by atoms with E-state index in [1.165, 1.54) is 29.8 Å². The molecule has 0 aliphatic carbocycles. The molecule has 3 rings (SSSR count). The highest BCUT2D eigenvalue weighted by molar-refractivity contribution is 5.77. The minimum Gasteiger partial charge on any atom is -0.301 e. The Hall–Kier alpha value is -1.75. The quantitative estimate of drug-likeness (QED) is 0.867. The molecule has 4 nitrogen and oxygen atoms in total. The summed E-state index contributed by atoms with van der Waals surface area (Å²) in [6.45, 7) is 5.04. The number of hydrogen-bond acceptors (Lipinski definition) is 3. The zero-order valence-electron chi connectivity index (χ0n) is 12.3. The number of benzene rings is 1. The van der Waals surface area contributed by atoms with Crippen LogP contribution in [0, 0.1) is 5.82 Å². The van der Waals surface area contributed by atoms with Gasteiger partial charge in [-0.1, -0.05) is 6.07 Å². The molecule has 0 unspecified atom stereocenters. The number of aromatic nitrogens is 2. The van der Waals surface area contributed by atoms with Crippen LogP contribution in [0.4, 0.5) is 4.39 Å². The van der Waals surface area contributed by atoms with Gasteiger partial charge in [0.25, 0.3) is 5.56 Å². The van der Waals surface area contributed by atoms with Gasteiger partial charge in [-0.05, 0) is 51.4 Å². The summed E-state index contributed by atoms with van der Waals surface area (Å²) in [5.41, 5.74) is 0.135. The Bertz CT molecular complexity index is 691. The second kappa shape index (κ2) is 5.93. The molecule has 0 bridgehead atoms. The van der Waals surface area contributed by atoms with E-state index in [2.05, 4.69) is 16.8 Å². The Kier molecular flexibility index (Phi) is 4.01. The van der Waals surface area contributed by atoms with Crippen molar-refractivity contribution in [2.24, 2.45) is 0 Å². The SMILES string of the molecule is C[C@@H](CCn1cnc2cccc(F)c2c1=O)N1CCCC1. The standard InChI is InChI=1S/C16H20FN3O/c1-12(19-8-2-3-9-19)7-10-20-11-18-14-6-4-5-13(17)15(14)16(20)21/h4-6,11-12H,2-3,7-10H2,1H3/t12-/m0/s1. The van der Waals surface area contributed by atoms with Gasteiger partial charge in [0, 0.05) is 12.6 Å². The van der Waals surface area contributed by atoms with Crippen LogP contribution in [0.25, 0.3) is 10.9 Å². The van der Waals surface area contributed by atoms with Crippen LogP contribution in [0.2, 0.25) is 0 Å². The molecule has 2 heterocycles. The van der Waals surface area contributed by atoms with Crippen LogP contribution >= 0.6 is 0 Å². The third-order valence-corrected chi connectivity index (χ3v) is 4.35. The summed E-state index contributed by atoms with van der Waals surface area (Å²) < 4.78 is 15.3. The smallest absolute Gasteiger partial charge is 0.264 e. The summed E-state index contributed by atoms with van der Waals surface area (Å²) in [4.78, 5) is 19.0. The van der Waals surface area contributed by atoms with Crippen LogP contribution in [-0.4, -0.2) is 33.6 Å². The summed E-state index contributed by atoms with van der Waals surface area (Å²) in [7, 11) is 0. The Labute approximate surface area is 123 Å². The average Bonchev–Trinajstić information content (AvgIpc) is 3.00. The molecule has 1 aromatic heterocycles. The lowest BCUT2D eigenvalue weighted by Gasteiger charge is -2.23. The molecule has 1 fully saturated rings. The molecule has 0 saturated carbocycles. The normalized spacial score (nSPS) is 17.4. The van der Waals surface area contributed by atoms with E-state index in [1.54, 1.807) is 12.1 Å². The van der Waals surface area contributed by atoms with Gasteiger partial charge in [0.05, 0.1) is 11.8 Å². The molecule has 2 aromatic rings. The summed E-state index contributed by atoms with van der Waals surface area (Å²) in [5.74, 6) is -0.494. The third kappa shape index (κ3) is 2.83. The minimum atomic E-state index is -0.494. The zero-order valence-corrected chi connectivity index (χ0v) is 12.3. The van der Waals surface area contributed by atoms with Gasteiger partial charge in [-0.2, -0.15) is 0 Å². The molecule has 0 N–H and O–H groups in total. The van der Waals surface area contributed by atoms with Crippen molar-refractivity contribution < 1.29 is 4.39 Å². The first-order chi connectivity index (χ1) is 10.2. The number of likely N-dealkylation sites (tertiary alicyclic amines) is 1. The lowest BCUT2D eigenvalue weighted by Crippen LogP contribution is -2.32. The summed E-state index contributed by atoms with van der Waals surface area (Å²) in [6, 6.07) is 4.99. The first-order valence-corrected chi connectivity index (χ1v) is 7.54. The summed E-state index contributed by atoms with van der Waals surface area (Å²) in [6.07, 6.45) is 4.92. The molecule has 1 atom stereocenters. The minimum absolute atomic E-state index is 0.0915. The molecule has 1 aliphatic rings. The largest absolute Gasteiger partial charge is 0.301 e. The Morgan fingerprint density at radius 2 is 2.10 bits per heavy atom. The molecule has 1 aromatic carbocycles. The van der Waals surface area contributed by atoms with E-state index in [1.807, 2.05) is 0 Å². The average molecular weight is 289 g/mol. The number of hydrogen-bond donors (Lipinski definition) is 0. The predicted molar refractivity (Wildman–Crippen MR) is 80.8 cm³/mol. The number of halogens is 1. The predicted octanol–water partition coefficient (Wildman–Crippen LogP) is 2.41. The maximum Gasteiger partial charge on any atom is 0.264 e. The molecule has 1 saturated heterocycles. The van der Waals surface area contributed by atoms with E-state index in [4.69, 9.17) is 0 Å². The van der Waals surface area contributed by atoms with Crippen molar-refractivity contribution in [3.05, 3.63) is 40.7 Å². The first-order valence-electron chi connectivity index (χ1n) is 7.54. The second-order valence-electron chi connectivity index (χ2n) is 5.76. The molecule has 21 heavy (non-hydrogen) atoms. The number of aryl methyl sites for hydroxylation is 1. The highest BCUT2D eigenvalue weighted by Gasteiger charge is 2.18. The van der Waals surface area contributed by atoms with Crippen LogP contribution in [0.15, 0.2) is 29.3 Å². The van der Waals surface area contributed by atoms with Gasteiger partial charge >= 0.3 is 0 Å². The molecule has 0 radical (unpaired) electrons. The molecule has 5 heteroatoms. The van der Waals surface area contributed by atoms with E-state index in [-0.39, 0.29) is 10.9 Å². The van der Waals surface area contributed by atoms with Gasteiger partial charge in [0.2, 0.25) is 0 Å². The number of nitrogens with zero attached hydrogens (tertiary/aromatic N) is 3. The zero-order chi connectivity index (χ0) is 14.8. The summed E-state index contributed by atoms with van der Waals surface area (Å²) in [5, 5.41) is 0.0915. The first kappa shape index (κ1) is 14.2. The molecular formula is C16H20FN3O. The van der Waals surface area contributed by atoms with Crippen molar-refractivity contribution >= 4 is 10.9 Å². The maximum atomic E-state index is 13.8. The number of rotatable bonds is 4.